The van der Waals surface area contributed by atoms with Gasteiger partial charge in [-0.3, -0.25) is 0 Å². The molecule has 0 saturated carbocycles. The number of benzene rings is 1. The molecule has 68 valence electrons. The van der Waals surface area contributed by atoms with Crippen LogP contribution in [0.15, 0.2) is 30.3 Å². The molecular weight excluding hydrogens is 160 g/mol. The Morgan fingerprint density at radius 1 is 1.08 bits per heavy atom. The molecule has 2 aliphatic rings. The van der Waals surface area contributed by atoms with Crippen molar-refractivity contribution in [3.05, 3.63) is 30.3 Å². The Hall–Kier alpha value is -1.02. The van der Waals surface area contributed by atoms with Gasteiger partial charge in [0.05, 0.1) is 0 Å². The van der Waals surface area contributed by atoms with Crippen molar-refractivity contribution in [1.29, 1.82) is 0 Å². The molecule has 13 heavy (non-hydrogen) atoms. The Balaban J connectivity index is 1.71. The Bertz CT molecular complexity index is 295. The van der Waals surface area contributed by atoms with Crippen molar-refractivity contribution >= 4 is 5.69 Å². The summed E-state index contributed by atoms with van der Waals surface area (Å²) in [6, 6.07) is 10.7. The summed E-state index contributed by atoms with van der Waals surface area (Å²) in [4.78, 5) is 2.46. The van der Waals surface area contributed by atoms with Crippen LogP contribution in [0, 0.1) is 5.41 Å². The van der Waals surface area contributed by atoms with Crippen LogP contribution in [0.1, 0.15) is 0 Å². The van der Waals surface area contributed by atoms with Crippen molar-refractivity contribution in [2.75, 3.05) is 31.1 Å². The van der Waals surface area contributed by atoms with Gasteiger partial charge < -0.3 is 10.2 Å². The average Bonchev–Trinajstić information content (AvgIpc) is 2.01. The molecule has 0 bridgehead atoms. The van der Waals surface area contributed by atoms with Gasteiger partial charge >= 0.3 is 0 Å². The number of hydrogen-bond acceptors (Lipinski definition) is 2. The van der Waals surface area contributed by atoms with Gasteiger partial charge in [-0.15, -0.1) is 0 Å². The quantitative estimate of drug-likeness (QED) is 0.685. The Morgan fingerprint density at radius 3 is 2.31 bits per heavy atom. The number of hydrogen-bond donors (Lipinski definition) is 1. The molecule has 0 aromatic heterocycles. The van der Waals surface area contributed by atoms with Crippen LogP contribution in [-0.4, -0.2) is 26.2 Å². The first-order valence-corrected chi connectivity index (χ1v) is 4.89. The number of para-hydroxylation sites is 1. The minimum absolute atomic E-state index is 0.635. The first-order chi connectivity index (χ1) is 6.38. The van der Waals surface area contributed by atoms with Crippen LogP contribution in [-0.2, 0) is 0 Å². The van der Waals surface area contributed by atoms with Crippen LogP contribution >= 0.6 is 0 Å². The summed E-state index contributed by atoms with van der Waals surface area (Å²) in [7, 11) is 0. The van der Waals surface area contributed by atoms with E-state index in [2.05, 4.69) is 40.5 Å². The fourth-order valence-electron chi connectivity index (χ4n) is 2.29. The van der Waals surface area contributed by atoms with E-state index in [0.717, 1.165) is 0 Å². The monoisotopic (exact) mass is 174 g/mol. The van der Waals surface area contributed by atoms with Crippen molar-refractivity contribution in [2.45, 2.75) is 0 Å². The van der Waals surface area contributed by atoms with Gasteiger partial charge in [-0.2, -0.15) is 0 Å². The summed E-state index contributed by atoms with van der Waals surface area (Å²) in [5.41, 5.74) is 2.01. The molecule has 0 aliphatic carbocycles. The highest BCUT2D eigenvalue weighted by atomic mass is 15.3. The zero-order valence-corrected chi connectivity index (χ0v) is 7.66. The lowest BCUT2D eigenvalue weighted by molar-refractivity contribution is 0.121. The van der Waals surface area contributed by atoms with Gasteiger partial charge in [0, 0.05) is 37.3 Å². The second-order valence-electron chi connectivity index (χ2n) is 4.30. The molecule has 1 spiro atoms. The van der Waals surface area contributed by atoms with Crippen LogP contribution in [0.25, 0.3) is 0 Å². The van der Waals surface area contributed by atoms with Crippen molar-refractivity contribution in [3.8, 4) is 0 Å². The number of nitrogens with zero attached hydrogens (tertiary/aromatic N) is 1. The molecule has 1 aromatic rings. The molecule has 0 unspecified atom stereocenters. The third kappa shape index (κ3) is 1.05. The molecule has 0 radical (unpaired) electrons. The topological polar surface area (TPSA) is 15.3 Å². The fourth-order valence-corrected chi connectivity index (χ4v) is 2.29. The molecule has 3 rings (SSSR count). The second-order valence-corrected chi connectivity index (χ2v) is 4.30. The van der Waals surface area contributed by atoms with Crippen LogP contribution in [0.3, 0.4) is 0 Å². The standard InChI is InChI=1S/C11H14N2/c1-2-4-10(5-3-1)13-8-11(9-13)6-12-7-11/h1-5,12H,6-9H2. The highest BCUT2D eigenvalue weighted by molar-refractivity contribution is 5.50. The maximum atomic E-state index is 3.35. The largest absolute Gasteiger partial charge is 0.370 e. The van der Waals surface area contributed by atoms with Crippen molar-refractivity contribution in [2.24, 2.45) is 5.41 Å². The lowest BCUT2D eigenvalue weighted by Gasteiger charge is -2.57. The van der Waals surface area contributed by atoms with Gasteiger partial charge in [0.2, 0.25) is 0 Å². The van der Waals surface area contributed by atoms with E-state index in [1.165, 1.54) is 31.9 Å². The minimum atomic E-state index is 0.635. The third-order valence-corrected chi connectivity index (χ3v) is 3.17. The second kappa shape index (κ2) is 2.48. The van der Waals surface area contributed by atoms with E-state index in [1.807, 2.05) is 0 Å². The Kier molecular flexibility index (Phi) is 1.41. The molecule has 2 heterocycles. The predicted octanol–water partition coefficient (Wildman–Crippen LogP) is 1.10. The van der Waals surface area contributed by atoms with Gasteiger partial charge in [0.15, 0.2) is 0 Å². The van der Waals surface area contributed by atoms with Crippen molar-refractivity contribution < 1.29 is 0 Å². The summed E-state index contributed by atoms with van der Waals surface area (Å²) in [5, 5.41) is 3.35. The molecular formula is C11H14N2. The van der Waals surface area contributed by atoms with E-state index < -0.39 is 0 Å². The first kappa shape index (κ1) is 7.39. The average molecular weight is 174 g/mol. The molecule has 1 aromatic carbocycles. The van der Waals surface area contributed by atoms with Crippen LogP contribution in [0.4, 0.5) is 5.69 Å². The van der Waals surface area contributed by atoms with Gasteiger partial charge in [-0.25, -0.2) is 0 Å². The van der Waals surface area contributed by atoms with Crippen molar-refractivity contribution in [1.82, 2.24) is 5.32 Å². The Labute approximate surface area is 78.6 Å². The summed E-state index contributed by atoms with van der Waals surface area (Å²) in [5.74, 6) is 0. The van der Waals surface area contributed by atoms with Gasteiger partial charge in [-0.1, -0.05) is 18.2 Å². The summed E-state index contributed by atoms with van der Waals surface area (Å²) < 4.78 is 0. The summed E-state index contributed by atoms with van der Waals surface area (Å²) >= 11 is 0. The number of rotatable bonds is 1. The molecule has 0 atom stereocenters. The fraction of sp³-hybridized carbons (Fsp3) is 0.455. The van der Waals surface area contributed by atoms with E-state index in [4.69, 9.17) is 0 Å². The normalized spacial score (nSPS) is 23.8. The minimum Gasteiger partial charge on any atom is -0.370 e. The number of anilines is 1. The molecule has 0 amide bonds. The lowest BCUT2D eigenvalue weighted by atomic mass is 9.74. The van der Waals surface area contributed by atoms with E-state index in [9.17, 15) is 0 Å². The first-order valence-electron chi connectivity index (χ1n) is 4.89. The van der Waals surface area contributed by atoms with Gasteiger partial charge in [0.1, 0.15) is 0 Å². The molecule has 2 aliphatic heterocycles. The van der Waals surface area contributed by atoms with E-state index in [0.29, 0.717) is 5.41 Å². The van der Waals surface area contributed by atoms with E-state index >= 15 is 0 Å². The highest BCUT2D eigenvalue weighted by Crippen LogP contribution is 2.36. The van der Waals surface area contributed by atoms with Gasteiger partial charge in [0.25, 0.3) is 0 Å². The summed E-state index contributed by atoms with van der Waals surface area (Å²) in [6.45, 7) is 4.92. The molecule has 2 saturated heterocycles. The predicted molar refractivity (Wildman–Crippen MR) is 54.0 cm³/mol. The summed E-state index contributed by atoms with van der Waals surface area (Å²) in [6.07, 6.45) is 0. The SMILES string of the molecule is c1ccc(N2CC3(CNC3)C2)cc1. The smallest absolute Gasteiger partial charge is 0.0366 e. The van der Waals surface area contributed by atoms with E-state index in [-0.39, 0.29) is 0 Å². The molecule has 1 N–H and O–H groups in total. The van der Waals surface area contributed by atoms with Crippen LogP contribution in [0.5, 0.6) is 0 Å². The molecule has 2 fully saturated rings. The molecule has 2 heteroatoms. The Morgan fingerprint density at radius 2 is 1.77 bits per heavy atom. The number of nitrogens with one attached hydrogen (secondary N) is 1. The maximum absolute atomic E-state index is 3.35. The third-order valence-electron chi connectivity index (χ3n) is 3.17. The van der Waals surface area contributed by atoms with E-state index in [1.54, 1.807) is 0 Å². The van der Waals surface area contributed by atoms with Crippen LogP contribution in [0.2, 0.25) is 0 Å². The van der Waals surface area contributed by atoms with Crippen molar-refractivity contribution in [3.63, 3.8) is 0 Å². The molecule has 2 nitrogen and oxygen atoms in total. The maximum Gasteiger partial charge on any atom is 0.0366 e. The highest BCUT2D eigenvalue weighted by Gasteiger charge is 2.47. The van der Waals surface area contributed by atoms with Gasteiger partial charge in [-0.05, 0) is 12.1 Å². The zero-order valence-electron chi connectivity index (χ0n) is 7.66. The zero-order chi connectivity index (χ0) is 8.73. The van der Waals surface area contributed by atoms with Crippen LogP contribution < -0.4 is 10.2 Å². The lowest BCUT2D eigenvalue weighted by Crippen LogP contribution is -2.71.